The molecule has 1 aliphatic rings. The van der Waals surface area contributed by atoms with E-state index in [1.54, 1.807) is 18.5 Å². The average Bonchev–Trinajstić information content (AvgIpc) is 2.32. The lowest BCUT2D eigenvalue weighted by atomic mass is 10.00. The molecule has 2 nitrogen and oxygen atoms in total. The topological polar surface area (TPSA) is 30.0 Å². The average molecular weight is 203 g/mol. The molecule has 1 fully saturated rings. The van der Waals surface area contributed by atoms with Gasteiger partial charge in [-0.3, -0.25) is 9.78 Å². The number of aromatic nitrogens is 1. The van der Waals surface area contributed by atoms with Crippen LogP contribution in [0.1, 0.15) is 37.7 Å². The van der Waals surface area contributed by atoms with E-state index in [1.165, 1.54) is 6.42 Å². The SMILES string of the molecule is C=Cc1ccncc1.O=C1CCCCC1. The van der Waals surface area contributed by atoms with Crippen LogP contribution in [-0.2, 0) is 4.79 Å². The first-order chi connectivity index (χ1) is 7.33. The van der Waals surface area contributed by atoms with Gasteiger partial charge in [0.1, 0.15) is 5.78 Å². The molecule has 1 aliphatic carbocycles. The quantitative estimate of drug-likeness (QED) is 0.701. The van der Waals surface area contributed by atoms with Crippen LogP contribution in [0, 0.1) is 0 Å². The fourth-order valence-corrected chi connectivity index (χ4v) is 1.45. The number of hydrogen-bond donors (Lipinski definition) is 0. The van der Waals surface area contributed by atoms with Crippen LogP contribution in [0.4, 0.5) is 0 Å². The Morgan fingerprint density at radius 3 is 2.07 bits per heavy atom. The summed E-state index contributed by atoms with van der Waals surface area (Å²) in [6.07, 6.45) is 10.5. The fourth-order valence-electron chi connectivity index (χ4n) is 1.45. The van der Waals surface area contributed by atoms with Crippen LogP contribution in [-0.4, -0.2) is 10.8 Å². The third-order valence-electron chi connectivity index (χ3n) is 2.35. The summed E-state index contributed by atoms with van der Waals surface area (Å²) < 4.78 is 0. The van der Waals surface area contributed by atoms with Gasteiger partial charge in [0.25, 0.3) is 0 Å². The van der Waals surface area contributed by atoms with Gasteiger partial charge in [-0.1, -0.05) is 19.1 Å². The Balaban J connectivity index is 0.000000151. The molecular weight excluding hydrogens is 186 g/mol. The summed E-state index contributed by atoms with van der Waals surface area (Å²) in [5.41, 5.74) is 1.11. The molecule has 0 spiro atoms. The van der Waals surface area contributed by atoms with Crippen molar-refractivity contribution in [3.05, 3.63) is 36.7 Å². The first-order valence-electron chi connectivity index (χ1n) is 5.37. The zero-order valence-electron chi connectivity index (χ0n) is 8.98. The van der Waals surface area contributed by atoms with E-state index in [1.807, 2.05) is 12.1 Å². The Hall–Kier alpha value is -1.44. The number of pyridine rings is 1. The molecule has 0 N–H and O–H groups in total. The Morgan fingerprint density at radius 2 is 1.73 bits per heavy atom. The summed E-state index contributed by atoms with van der Waals surface area (Å²) in [7, 11) is 0. The Morgan fingerprint density at radius 1 is 1.13 bits per heavy atom. The van der Waals surface area contributed by atoms with Gasteiger partial charge in [-0.15, -0.1) is 0 Å². The van der Waals surface area contributed by atoms with Crippen LogP contribution in [0.2, 0.25) is 0 Å². The van der Waals surface area contributed by atoms with Crippen molar-refractivity contribution in [2.24, 2.45) is 0 Å². The van der Waals surface area contributed by atoms with Crippen molar-refractivity contribution in [3.63, 3.8) is 0 Å². The number of Topliss-reactive ketones (excluding diaryl/α,β-unsaturated/α-hetero) is 1. The van der Waals surface area contributed by atoms with Crippen molar-refractivity contribution in [1.82, 2.24) is 4.98 Å². The number of rotatable bonds is 1. The highest BCUT2D eigenvalue weighted by atomic mass is 16.1. The van der Waals surface area contributed by atoms with E-state index in [2.05, 4.69) is 11.6 Å². The van der Waals surface area contributed by atoms with Gasteiger partial charge in [0.15, 0.2) is 0 Å². The molecule has 2 rings (SSSR count). The molecule has 15 heavy (non-hydrogen) atoms. The minimum atomic E-state index is 0.464. The van der Waals surface area contributed by atoms with Crippen molar-refractivity contribution in [1.29, 1.82) is 0 Å². The third-order valence-corrected chi connectivity index (χ3v) is 2.35. The smallest absolute Gasteiger partial charge is 0.132 e. The van der Waals surface area contributed by atoms with Crippen LogP contribution in [0.25, 0.3) is 6.08 Å². The number of carbonyl (C=O) groups excluding carboxylic acids is 1. The predicted octanol–water partition coefficient (Wildman–Crippen LogP) is 3.24. The summed E-state index contributed by atoms with van der Waals surface area (Å²) in [6, 6.07) is 3.82. The molecule has 80 valence electrons. The molecule has 2 heteroatoms. The molecule has 0 bridgehead atoms. The second kappa shape index (κ2) is 6.93. The molecule has 1 aromatic heterocycles. The molecular formula is C13H17NO. The molecule has 1 heterocycles. The second-order valence-electron chi connectivity index (χ2n) is 3.58. The van der Waals surface area contributed by atoms with Gasteiger partial charge in [-0.2, -0.15) is 0 Å². The van der Waals surface area contributed by atoms with Gasteiger partial charge >= 0.3 is 0 Å². The fraction of sp³-hybridized carbons (Fsp3) is 0.385. The van der Waals surface area contributed by atoms with Gasteiger partial charge in [0.2, 0.25) is 0 Å². The largest absolute Gasteiger partial charge is 0.300 e. The van der Waals surface area contributed by atoms with Crippen LogP contribution in [0.5, 0.6) is 0 Å². The molecule has 0 atom stereocenters. The van der Waals surface area contributed by atoms with Gasteiger partial charge in [-0.05, 0) is 30.5 Å². The van der Waals surface area contributed by atoms with Crippen LogP contribution in [0.15, 0.2) is 31.1 Å². The highest BCUT2D eigenvalue weighted by Crippen LogP contribution is 2.12. The van der Waals surface area contributed by atoms with Crippen LogP contribution >= 0.6 is 0 Å². The van der Waals surface area contributed by atoms with E-state index in [0.717, 1.165) is 31.2 Å². The maximum atomic E-state index is 10.5. The van der Waals surface area contributed by atoms with Crippen molar-refractivity contribution < 1.29 is 4.79 Å². The maximum Gasteiger partial charge on any atom is 0.132 e. The van der Waals surface area contributed by atoms with E-state index in [9.17, 15) is 4.79 Å². The summed E-state index contributed by atoms with van der Waals surface area (Å²) in [5.74, 6) is 0.464. The van der Waals surface area contributed by atoms with Gasteiger partial charge in [-0.25, -0.2) is 0 Å². The maximum absolute atomic E-state index is 10.5. The third kappa shape index (κ3) is 5.11. The minimum absolute atomic E-state index is 0.464. The van der Waals surface area contributed by atoms with E-state index in [4.69, 9.17) is 0 Å². The summed E-state index contributed by atoms with van der Waals surface area (Å²) in [5, 5.41) is 0. The second-order valence-corrected chi connectivity index (χ2v) is 3.58. The highest BCUT2D eigenvalue weighted by Gasteiger charge is 2.05. The predicted molar refractivity (Wildman–Crippen MR) is 62.4 cm³/mol. The van der Waals surface area contributed by atoms with E-state index in [0.29, 0.717) is 5.78 Å². The van der Waals surface area contributed by atoms with Crippen molar-refractivity contribution in [3.8, 4) is 0 Å². The lowest BCUT2D eigenvalue weighted by Crippen LogP contribution is -2.02. The number of hydrogen-bond acceptors (Lipinski definition) is 2. The van der Waals surface area contributed by atoms with Crippen molar-refractivity contribution in [2.45, 2.75) is 32.1 Å². The molecule has 0 radical (unpaired) electrons. The number of carbonyl (C=O) groups is 1. The Labute approximate surface area is 91.0 Å². The number of ketones is 1. The first kappa shape index (κ1) is 11.6. The molecule has 1 saturated carbocycles. The molecule has 0 aromatic carbocycles. The molecule has 0 amide bonds. The normalized spacial score (nSPS) is 15.1. The Bertz CT molecular complexity index is 298. The minimum Gasteiger partial charge on any atom is -0.300 e. The monoisotopic (exact) mass is 203 g/mol. The lowest BCUT2D eigenvalue weighted by Gasteiger charge is -2.05. The number of nitrogens with zero attached hydrogens (tertiary/aromatic N) is 1. The molecule has 0 unspecified atom stereocenters. The zero-order valence-corrected chi connectivity index (χ0v) is 8.98. The van der Waals surface area contributed by atoms with Crippen molar-refractivity contribution >= 4 is 11.9 Å². The van der Waals surface area contributed by atoms with Gasteiger partial charge in [0.05, 0.1) is 0 Å². The van der Waals surface area contributed by atoms with E-state index < -0.39 is 0 Å². The first-order valence-corrected chi connectivity index (χ1v) is 5.37. The van der Waals surface area contributed by atoms with E-state index >= 15 is 0 Å². The van der Waals surface area contributed by atoms with E-state index in [-0.39, 0.29) is 0 Å². The lowest BCUT2D eigenvalue weighted by molar-refractivity contribution is -0.120. The Kier molecular flexibility index (Phi) is 5.38. The standard InChI is InChI=1S/C7H7N.C6H10O/c1-2-7-3-5-8-6-4-7;7-6-4-2-1-3-5-6/h2-6H,1H2;1-5H2. The summed E-state index contributed by atoms with van der Waals surface area (Å²) in [4.78, 5) is 14.3. The molecule has 0 saturated heterocycles. The molecule has 1 aromatic rings. The zero-order chi connectivity index (χ0) is 10.9. The highest BCUT2D eigenvalue weighted by molar-refractivity contribution is 5.78. The van der Waals surface area contributed by atoms with Crippen LogP contribution in [0.3, 0.4) is 0 Å². The summed E-state index contributed by atoms with van der Waals surface area (Å²) >= 11 is 0. The van der Waals surface area contributed by atoms with Crippen molar-refractivity contribution in [2.75, 3.05) is 0 Å². The van der Waals surface area contributed by atoms with Gasteiger partial charge < -0.3 is 0 Å². The summed E-state index contributed by atoms with van der Waals surface area (Å²) in [6.45, 7) is 3.60. The van der Waals surface area contributed by atoms with Gasteiger partial charge in [0, 0.05) is 25.2 Å². The van der Waals surface area contributed by atoms with Crippen LogP contribution < -0.4 is 0 Å². The molecule has 0 aliphatic heterocycles.